The molecule has 0 fully saturated rings. The maximum absolute atomic E-state index is 11.4. The summed E-state index contributed by atoms with van der Waals surface area (Å²) < 4.78 is 2.45. The van der Waals surface area contributed by atoms with Gasteiger partial charge in [0, 0.05) is 74.8 Å². The number of phenols is 2. The molecule has 7 aromatic rings. The Kier molecular flexibility index (Phi) is 8.17. The number of thiophene rings is 2. The first kappa shape index (κ1) is 29.1. The summed E-state index contributed by atoms with van der Waals surface area (Å²) in [5.74, 6) is 2.03. The Morgan fingerprint density at radius 2 is 0.932 bits per heavy atom. The molecule has 0 atom stereocenters. The molecule has 5 aromatic carbocycles. The molecule has 6 heteroatoms. The van der Waals surface area contributed by atoms with Crippen molar-refractivity contribution < 1.29 is 10.2 Å². The van der Waals surface area contributed by atoms with E-state index in [9.17, 15) is 10.2 Å². The van der Waals surface area contributed by atoms with Crippen molar-refractivity contribution in [1.82, 2.24) is 0 Å². The van der Waals surface area contributed by atoms with Crippen molar-refractivity contribution in [3.63, 3.8) is 0 Å². The molecule has 0 aliphatic heterocycles. The highest BCUT2D eigenvalue weighted by molar-refractivity contribution is 8.01. The highest BCUT2D eigenvalue weighted by Crippen LogP contribution is 2.45. The number of fused-ring (bicyclic) bond motifs is 2. The Morgan fingerprint density at radius 3 is 1.39 bits per heavy atom. The molecule has 0 aliphatic rings. The maximum Gasteiger partial charge on any atom is 0.127 e. The van der Waals surface area contributed by atoms with Crippen LogP contribution in [0.2, 0.25) is 0 Å². The van der Waals surface area contributed by atoms with Gasteiger partial charge in [-0.3, -0.25) is 0 Å². The molecule has 2 N–H and O–H groups in total. The van der Waals surface area contributed by atoms with Crippen LogP contribution in [0.25, 0.3) is 42.4 Å². The van der Waals surface area contributed by atoms with E-state index in [2.05, 4.69) is 122 Å². The van der Waals surface area contributed by atoms with Gasteiger partial charge < -0.3 is 10.2 Å². The first-order chi connectivity index (χ1) is 21.5. The third-order valence-electron chi connectivity index (χ3n) is 7.82. The summed E-state index contributed by atoms with van der Waals surface area (Å²) in [6, 6.07) is 33.5. The van der Waals surface area contributed by atoms with Crippen LogP contribution in [0.4, 0.5) is 0 Å². The number of rotatable bonds is 8. The summed E-state index contributed by atoms with van der Waals surface area (Å²) in [7, 11) is 0. The third kappa shape index (κ3) is 5.64. The van der Waals surface area contributed by atoms with Crippen LogP contribution in [0.15, 0.2) is 118 Å². The summed E-state index contributed by atoms with van der Waals surface area (Å²) in [5.41, 5.74) is 8.09. The summed E-state index contributed by atoms with van der Waals surface area (Å²) in [5, 5.41) is 29.5. The summed E-state index contributed by atoms with van der Waals surface area (Å²) in [4.78, 5) is 2.33. The summed E-state index contributed by atoms with van der Waals surface area (Å²) in [6.07, 6.45) is 0. The fourth-order valence-electron chi connectivity index (χ4n) is 5.71. The van der Waals surface area contributed by atoms with E-state index in [1.54, 1.807) is 46.2 Å². The number of hydrogen-bond acceptors (Lipinski definition) is 6. The normalized spacial score (nSPS) is 11.5. The van der Waals surface area contributed by atoms with Gasteiger partial charge in [-0.05, 0) is 72.1 Å². The van der Waals surface area contributed by atoms with Crippen molar-refractivity contribution in [2.45, 2.75) is 35.1 Å². The van der Waals surface area contributed by atoms with Crippen molar-refractivity contribution in [2.75, 3.05) is 0 Å². The molecule has 0 saturated heterocycles. The molecule has 0 bridgehead atoms. The van der Waals surface area contributed by atoms with Gasteiger partial charge in [-0.1, -0.05) is 60.7 Å². The number of benzene rings is 5. The number of phenolic OH excluding ortho intramolecular Hbond substituents is 2. The molecule has 0 unspecified atom stereocenters. The molecule has 2 nitrogen and oxygen atoms in total. The Labute approximate surface area is 274 Å². The third-order valence-corrected chi connectivity index (χ3v) is 12.1. The largest absolute Gasteiger partial charge is 0.507 e. The molecule has 218 valence electrons. The van der Waals surface area contributed by atoms with Gasteiger partial charge in [0.2, 0.25) is 0 Å². The minimum Gasteiger partial charge on any atom is -0.507 e. The van der Waals surface area contributed by atoms with Gasteiger partial charge in [-0.15, -0.1) is 46.2 Å². The van der Waals surface area contributed by atoms with E-state index < -0.39 is 0 Å². The highest BCUT2D eigenvalue weighted by Gasteiger charge is 2.17. The van der Waals surface area contributed by atoms with E-state index in [1.165, 1.54) is 20.2 Å². The number of aryl methyl sites for hydroxylation is 2. The zero-order valence-electron chi connectivity index (χ0n) is 24.3. The molecule has 0 amide bonds. The Bertz CT molecular complexity index is 1990. The van der Waals surface area contributed by atoms with Crippen LogP contribution in [0, 0.1) is 13.8 Å². The van der Waals surface area contributed by atoms with Gasteiger partial charge in [0.15, 0.2) is 0 Å². The highest BCUT2D eigenvalue weighted by atomic mass is 32.2. The monoisotopic (exact) mass is 646 g/mol. The van der Waals surface area contributed by atoms with E-state index >= 15 is 0 Å². The predicted octanol–water partition coefficient (Wildman–Crippen LogP) is 12.1. The Balaban J connectivity index is 1.13. The second kappa shape index (κ2) is 12.4. The van der Waals surface area contributed by atoms with Crippen LogP contribution in [0.5, 0.6) is 11.5 Å². The van der Waals surface area contributed by atoms with E-state index in [0.717, 1.165) is 54.3 Å². The van der Waals surface area contributed by atoms with E-state index in [-0.39, 0.29) is 0 Å². The van der Waals surface area contributed by atoms with Gasteiger partial charge >= 0.3 is 0 Å². The molecule has 7 rings (SSSR count). The van der Waals surface area contributed by atoms with Crippen LogP contribution in [0.3, 0.4) is 0 Å². The lowest BCUT2D eigenvalue weighted by atomic mass is 9.99. The molecule has 2 heterocycles. The van der Waals surface area contributed by atoms with Crippen LogP contribution in [-0.4, -0.2) is 10.2 Å². The van der Waals surface area contributed by atoms with E-state index in [0.29, 0.717) is 23.0 Å². The fourth-order valence-corrected chi connectivity index (χ4v) is 9.82. The number of thioether (sulfide) groups is 2. The lowest BCUT2D eigenvalue weighted by molar-refractivity contribution is 0.472. The first-order valence-corrected chi connectivity index (χ1v) is 18.1. The van der Waals surface area contributed by atoms with Crippen LogP contribution < -0.4 is 0 Å². The quantitative estimate of drug-likeness (QED) is 0.161. The Hall–Kier alpha value is -3.68. The molecule has 44 heavy (non-hydrogen) atoms. The zero-order chi connectivity index (χ0) is 30.2. The second-order valence-corrected chi connectivity index (χ2v) is 14.8. The minimum absolute atomic E-state index is 0.356. The molecular weight excluding hydrogens is 617 g/mol. The van der Waals surface area contributed by atoms with Crippen molar-refractivity contribution in [3.8, 4) is 33.8 Å². The van der Waals surface area contributed by atoms with E-state index in [1.807, 2.05) is 0 Å². The molecule has 0 spiro atoms. The standard InChI is InChI=1S/C38H30O2S4/c1-23-15-25(37(39)29(17-23)31-21-43-33-11-5-3-9-27(31)33)19-41-35-13-7-8-14-36(35)42-20-26-16-24(2)18-30(38(26)40)32-22-44-34-12-6-4-10-28(32)34/h3-18,21-22,39-40H,19-20H2,1-2H3. The average Bonchev–Trinajstić information content (AvgIpc) is 3.67. The SMILES string of the molecule is Cc1cc(CSc2ccccc2SCc2cc(C)cc(-c3csc4ccccc34)c2O)c(O)c(-c2csc3ccccc23)c1. The fraction of sp³-hybridized carbons (Fsp3) is 0.105. The maximum atomic E-state index is 11.4. The smallest absolute Gasteiger partial charge is 0.127 e. The van der Waals surface area contributed by atoms with Gasteiger partial charge in [0.1, 0.15) is 11.5 Å². The molecule has 0 radical (unpaired) electrons. The molecular formula is C38H30O2S4. The van der Waals surface area contributed by atoms with Crippen LogP contribution >= 0.6 is 46.2 Å². The van der Waals surface area contributed by atoms with Crippen molar-refractivity contribution in [2.24, 2.45) is 0 Å². The van der Waals surface area contributed by atoms with Crippen molar-refractivity contribution >= 4 is 66.4 Å². The lowest BCUT2D eigenvalue weighted by Gasteiger charge is -2.14. The zero-order valence-corrected chi connectivity index (χ0v) is 27.6. The molecule has 2 aromatic heterocycles. The van der Waals surface area contributed by atoms with E-state index in [4.69, 9.17) is 0 Å². The Morgan fingerprint density at radius 1 is 0.523 bits per heavy atom. The average molecular weight is 647 g/mol. The summed E-state index contributed by atoms with van der Waals surface area (Å²) >= 11 is 6.90. The van der Waals surface area contributed by atoms with Crippen molar-refractivity contribution in [3.05, 3.63) is 130 Å². The number of aromatic hydroxyl groups is 2. The minimum atomic E-state index is 0.356. The second-order valence-electron chi connectivity index (χ2n) is 11.0. The van der Waals surface area contributed by atoms with Crippen LogP contribution in [0.1, 0.15) is 22.3 Å². The molecule has 0 saturated carbocycles. The van der Waals surface area contributed by atoms with Crippen molar-refractivity contribution in [1.29, 1.82) is 0 Å². The lowest BCUT2D eigenvalue weighted by Crippen LogP contribution is -1.91. The van der Waals surface area contributed by atoms with Gasteiger partial charge in [-0.25, -0.2) is 0 Å². The number of hydrogen-bond donors (Lipinski definition) is 2. The predicted molar refractivity (Wildman–Crippen MR) is 193 cm³/mol. The van der Waals surface area contributed by atoms with Gasteiger partial charge in [0.05, 0.1) is 0 Å². The van der Waals surface area contributed by atoms with Crippen LogP contribution in [-0.2, 0) is 11.5 Å². The van der Waals surface area contributed by atoms with Gasteiger partial charge in [0.25, 0.3) is 0 Å². The first-order valence-electron chi connectivity index (χ1n) is 14.4. The topological polar surface area (TPSA) is 40.5 Å². The molecule has 0 aliphatic carbocycles. The summed E-state index contributed by atoms with van der Waals surface area (Å²) in [6.45, 7) is 4.19. The van der Waals surface area contributed by atoms with Gasteiger partial charge in [-0.2, -0.15) is 0 Å².